The highest BCUT2D eigenvalue weighted by molar-refractivity contribution is 5.74. The summed E-state index contributed by atoms with van der Waals surface area (Å²) in [6.07, 6.45) is 3.03. The zero-order valence-electron chi connectivity index (χ0n) is 18.0. The summed E-state index contributed by atoms with van der Waals surface area (Å²) in [4.78, 5) is 26.2. The maximum atomic E-state index is 15.1. The third-order valence-electron chi connectivity index (χ3n) is 6.20. The molecule has 0 N–H and O–H groups in total. The van der Waals surface area contributed by atoms with E-state index in [2.05, 4.69) is 28.7 Å². The van der Waals surface area contributed by atoms with Crippen LogP contribution in [0.5, 0.6) is 0 Å². The van der Waals surface area contributed by atoms with E-state index in [0.29, 0.717) is 56.6 Å². The molecular weight excluding hydrogens is 403 g/mol. The SMILES string of the molecule is C[C@@H]1CN(c2cc(F)c(-c3cnc(N4CCOCC4)nc3)cc2[N+](=O)[O-])C[C@H](C)N1C. The largest absolute Gasteiger partial charge is 0.378 e. The molecule has 2 aliphatic heterocycles. The summed E-state index contributed by atoms with van der Waals surface area (Å²) in [5.41, 5.74) is 0.727. The van der Waals surface area contributed by atoms with Crippen molar-refractivity contribution in [2.75, 3.05) is 56.2 Å². The van der Waals surface area contributed by atoms with E-state index in [9.17, 15) is 10.1 Å². The van der Waals surface area contributed by atoms with E-state index in [-0.39, 0.29) is 23.3 Å². The van der Waals surface area contributed by atoms with Gasteiger partial charge in [0.25, 0.3) is 5.69 Å². The molecule has 4 rings (SSSR count). The van der Waals surface area contributed by atoms with E-state index < -0.39 is 10.7 Å². The van der Waals surface area contributed by atoms with Crippen LogP contribution in [0.3, 0.4) is 0 Å². The number of hydrogen-bond acceptors (Lipinski definition) is 8. The summed E-state index contributed by atoms with van der Waals surface area (Å²) < 4.78 is 20.4. The minimum absolute atomic E-state index is 0.113. The number of nitrogens with zero attached hydrogens (tertiary/aromatic N) is 6. The van der Waals surface area contributed by atoms with Gasteiger partial charge in [0.05, 0.1) is 18.1 Å². The van der Waals surface area contributed by atoms with Gasteiger partial charge in [0.15, 0.2) is 0 Å². The molecule has 3 heterocycles. The highest BCUT2D eigenvalue weighted by atomic mass is 19.1. The standard InChI is InChI=1S/C21H27FN6O3/c1-14-12-27(13-15(2)25(14)3)19-9-18(22)17(8-20(19)28(29)30)16-10-23-21(24-11-16)26-4-6-31-7-5-26/h8-11,14-15H,4-7,12-13H2,1-3H3/t14-,15+. The third-order valence-corrected chi connectivity index (χ3v) is 6.20. The van der Waals surface area contributed by atoms with Gasteiger partial charge in [-0.15, -0.1) is 0 Å². The summed E-state index contributed by atoms with van der Waals surface area (Å²) in [5, 5.41) is 11.8. The van der Waals surface area contributed by atoms with Crippen molar-refractivity contribution in [2.24, 2.45) is 0 Å². The van der Waals surface area contributed by atoms with E-state index in [1.807, 2.05) is 16.8 Å². The fourth-order valence-corrected chi connectivity index (χ4v) is 4.16. The monoisotopic (exact) mass is 430 g/mol. The van der Waals surface area contributed by atoms with Crippen molar-refractivity contribution >= 4 is 17.3 Å². The molecular formula is C21H27FN6O3. The number of aromatic nitrogens is 2. The Morgan fingerprint density at radius 2 is 1.71 bits per heavy atom. The molecule has 2 aliphatic rings. The Kier molecular flexibility index (Phi) is 6.01. The maximum absolute atomic E-state index is 15.1. The lowest BCUT2D eigenvalue weighted by atomic mass is 10.0. The fraction of sp³-hybridized carbons (Fsp3) is 0.524. The Bertz CT molecular complexity index is 939. The van der Waals surface area contributed by atoms with Gasteiger partial charge in [-0.2, -0.15) is 0 Å². The number of morpholine rings is 1. The molecule has 2 atom stereocenters. The number of ether oxygens (including phenoxy) is 1. The van der Waals surface area contributed by atoms with Crippen LogP contribution >= 0.6 is 0 Å². The molecule has 2 saturated heterocycles. The number of nitro benzene ring substituents is 1. The number of likely N-dealkylation sites (N-methyl/N-ethyl adjacent to an activating group) is 1. The van der Waals surface area contributed by atoms with Crippen molar-refractivity contribution in [3.63, 3.8) is 0 Å². The van der Waals surface area contributed by atoms with Gasteiger partial charge in [0.2, 0.25) is 5.95 Å². The summed E-state index contributed by atoms with van der Waals surface area (Å²) >= 11 is 0. The Morgan fingerprint density at radius 3 is 2.29 bits per heavy atom. The molecule has 31 heavy (non-hydrogen) atoms. The molecule has 9 nitrogen and oxygen atoms in total. The molecule has 0 radical (unpaired) electrons. The molecule has 0 aliphatic carbocycles. The quantitative estimate of drug-likeness (QED) is 0.540. The summed E-state index contributed by atoms with van der Waals surface area (Å²) in [5.74, 6) is 0.0153. The van der Waals surface area contributed by atoms with E-state index in [1.165, 1.54) is 24.5 Å². The Morgan fingerprint density at radius 1 is 1.10 bits per heavy atom. The van der Waals surface area contributed by atoms with Crippen molar-refractivity contribution in [3.8, 4) is 11.1 Å². The van der Waals surface area contributed by atoms with Crippen molar-refractivity contribution in [2.45, 2.75) is 25.9 Å². The highest BCUT2D eigenvalue weighted by Gasteiger charge is 2.31. The first kappa shape index (κ1) is 21.4. The molecule has 10 heteroatoms. The van der Waals surface area contributed by atoms with Crippen LogP contribution in [-0.4, -0.2) is 78.3 Å². The lowest BCUT2D eigenvalue weighted by Crippen LogP contribution is -2.55. The molecule has 166 valence electrons. The maximum Gasteiger partial charge on any atom is 0.293 e. The van der Waals surface area contributed by atoms with Crippen LogP contribution < -0.4 is 9.80 Å². The number of hydrogen-bond donors (Lipinski definition) is 0. The van der Waals surface area contributed by atoms with Crippen LogP contribution in [0.4, 0.5) is 21.7 Å². The van der Waals surface area contributed by atoms with Gasteiger partial charge in [-0.05, 0) is 20.9 Å². The molecule has 1 aromatic heterocycles. The zero-order valence-corrected chi connectivity index (χ0v) is 18.0. The third kappa shape index (κ3) is 4.31. The molecule has 2 fully saturated rings. The van der Waals surface area contributed by atoms with Crippen LogP contribution in [0.25, 0.3) is 11.1 Å². The number of piperazine rings is 1. The first-order chi connectivity index (χ1) is 14.8. The van der Waals surface area contributed by atoms with E-state index in [1.54, 1.807) is 0 Å². The fourth-order valence-electron chi connectivity index (χ4n) is 4.16. The topological polar surface area (TPSA) is 87.9 Å². The highest BCUT2D eigenvalue weighted by Crippen LogP contribution is 2.36. The minimum Gasteiger partial charge on any atom is -0.378 e. The Hall–Kier alpha value is -2.85. The number of halogens is 1. The van der Waals surface area contributed by atoms with Gasteiger partial charge in [0.1, 0.15) is 11.5 Å². The average molecular weight is 430 g/mol. The molecule has 1 aromatic carbocycles. The van der Waals surface area contributed by atoms with Crippen molar-refractivity contribution in [3.05, 3.63) is 40.5 Å². The van der Waals surface area contributed by atoms with Crippen molar-refractivity contribution in [1.29, 1.82) is 0 Å². The first-order valence-corrected chi connectivity index (χ1v) is 10.4. The number of benzene rings is 1. The second kappa shape index (κ2) is 8.72. The van der Waals surface area contributed by atoms with Crippen molar-refractivity contribution < 1.29 is 14.1 Å². The van der Waals surface area contributed by atoms with Crippen molar-refractivity contribution in [1.82, 2.24) is 14.9 Å². The molecule has 0 spiro atoms. The molecule has 0 amide bonds. The van der Waals surface area contributed by atoms with Crippen LogP contribution in [0.15, 0.2) is 24.5 Å². The average Bonchev–Trinajstić information content (AvgIpc) is 2.77. The normalized spacial score (nSPS) is 22.6. The van der Waals surface area contributed by atoms with E-state index in [0.717, 1.165) is 0 Å². The minimum atomic E-state index is -0.525. The van der Waals surface area contributed by atoms with E-state index >= 15 is 4.39 Å². The molecule has 0 saturated carbocycles. The first-order valence-electron chi connectivity index (χ1n) is 10.4. The lowest BCUT2D eigenvalue weighted by molar-refractivity contribution is -0.384. The Labute approximate surface area is 180 Å². The predicted molar refractivity (Wildman–Crippen MR) is 116 cm³/mol. The number of rotatable bonds is 4. The lowest BCUT2D eigenvalue weighted by Gasteiger charge is -2.43. The number of anilines is 2. The van der Waals surface area contributed by atoms with Gasteiger partial charge in [-0.1, -0.05) is 0 Å². The molecule has 0 bridgehead atoms. The Balaban J connectivity index is 1.65. The van der Waals surface area contributed by atoms with E-state index in [4.69, 9.17) is 4.74 Å². The molecule has 0 unspecified atom stereocenters. The second-order valence-electron chi connectivity index (χ2n) is 8.22. The summed E-state index contributed by atoms with van der Waals surface area (Å²) in [7, 11) is 2.03. The summed E-state index contributed by atoms with van der Waals surface area (Å²) in [6, 6.07) is 2.97. The predicted octanol–water partition coefficient (Wildman–Crippen LogP) is 2.56. The van der Waals surface area contributed by atoms with Crippen LogP contribution in [-0.2, 0) is 4.74 Å². The van der Waals surface area contributed by atoms with Gasteiger partial charge in [0, 0.05) is 73.9 Å². The van der Waals surface area contributed by atoms with Gasteiger partial charge in [-0.25, -0.2) is 14.4 Å². The number of nitro groups is 1. The second-order valence-corrected chi connectivity index (χ2v) is 8.22. The zero-order chi connectivity index (χ0) is 22.1. The van der Waals surface area contributed by atoms with Gasteiger partial charge >= 0.3 is 0 Å². The summed E-state index contributed by atoms with van der Waals surface area (Å²) in [6.45, 7) is 7.91. The molecule has 2 aromatic rings. The smallest absolute Gasteiger partial charge is 0.293 e. The van der Waals surface area contributed by atoms with Gasteiger partial charge in [-0.3, -0.25) is 15.0 Å². The van der Waals surface area contributed by atoms with Crippen LogP contribution in [0.2, 0.25) is 0 Å². The van der Waals surface area contributed by atoms with Crippen LogP contribution in [0, 0.1) is 15.9 Å². The van der Waals surface area contributed by atoms with Gasteiger partial charge < -0.3 is 14.5 Å². The van der Waals surface area contributed by atoms with Crippen LogP contribution in [0.1, 0.15) is 13.8 Å².